The van der Waals surface area contributed by atoms with Crippen LogP contribution >= 0.6 is 0 Å². The van der Waals surface area contributed by atoms with E-state index in [9.17, 15) is 13.2 Å². The van der Waals surface area contributed by atoms with Crippen LogP contribution in [0.2, 0.25) is 0 Å². The van der Waals surface area contributed by atoms with E-state index in [1.807, 2.05) is 13.8 Å². The molecular weight excluding hydrogens is 362 g/mol. The maximum Gasteiger partial charge on any atom is 0.254 e. The first-order valence-corrected chi connectivity index (χ1v) is 10.9. The second-order valence-corrected chi connectivity index (χ2v) is 9.11. The van der Waals surface area contributed by atoms with Crippen molar-refractivity contribution in [3.05, 3.63) is 60.2 Å². The lowest BCUT2D eigenvalue weighted by Crippen LogP contribution is -2.39. The second kappa shape index (κ2) is 8.13. The fourth-order valence-corrected chi connectivity index (χ4v) is 4.99. The van der Waals surface area contributed by atoms with Crippen molar-refractivity contribution in [2.75, 3.05) is 12.3 Å². The number of sulfone groups is 1. The van der Waals surface area contributed by atoms with Crippen molar-refractivity contribution in [2.45, 2.75) is 43.7 Å². The van der Waals surface area contributed by atoms with Crippen LogP contribution in [0.3, 0.4) is 0 Å². The Labute approximate surface area is 160 Å². The van der Waals surface area contributed by atoms with Gasteiger partial charge in [-0.1, -0.05) is 18.2 Å². The molecule has 0 radical (unpaired) electrons. The summed E-state index contributed by atoms with van der Waals surface area (Å²) >= 11 is 0. The maximum atomic E-state index is 12.9. The Balaban J connectivity index is 1.73. The number of carbonyl (C=O) groups is 1. The summed E-state index contributed by atoms with van der Waals surface area (Å²) in [6.07, 6.45) is 1.58. The van der Waals surface area contributed by atoms with E-state index in [2.05, 4.69) is 0 Å². The summed E-state index contributed by atoms with van der Waals surface area (Å²) in [6, 6.07) is 15.1. The minimum atomic E-state index is -3.43. The number of ether oxygens (including phenoxy) is 1. The standard InChI is InChI=1S/C21H25NO4S/c1-16(2)26-19-12-10-17(11-13-19)21(23)22-14-6-7-18(22)15-27(24,25)20-8-4-3-5-9-20/h3-5,8-13,16,18H,6-7,14-15H2,1-2H3/t18-/m0/s1. The Bertz CT molecular complexity index is 876. The minimum absolute atomic E-state index is 0.0443. The molecule has 0 bridgehead atoms. The van der Waals surface area contributed by atoms with Crippen molar-refractivity contribution < 1.29 is 17.9 Å². The highest BCUT2D eigenvalue weighted by Gasteiger charge is 2.33. The number of rotatable bonds is 6. The van der Waals surface area contributed by atoms with Gasteiger partial charge in [-0.15, -0.1) is 0 Å². The van der Waals surface area contributed by atoms with Crippen LogP contribution in [0.5, 0.6) is 5.75 Å². The number of nitrogens with zero attached hydrogens (tertiary/aromatic N) is 1. The van der Waals surface area contributed by atoms with Gasteiger partial charge in [-0.25, -0.2) is 8.42 Å². The fourth-order valence-electron chi connectivity index (χ4n) is 3.37. The summed E-state index contributed by atoms with van der Waals surface area (Å²) in [5.74, 6) is 0.542. The molecule has 3 rings (SSSR count). The van der Waals surface area contributed by atoms with Gasteiger partial charge in [-0.3, -0.25) is 4.79 Å². The number of carbonyl (C=O) groups excluding carboxylic acids is 1. The zero-order valence-electron chi connectivity index (χ0n) is 15.7. The van der Waals surface area contributed by atoms with Crippen molar-refractivity contribution in [1.82, 2.24) is 4.90 Å². The van der Waals surface area contributed by atoms with E-state index in [0.717, 1.165) is 6.42 Å². The lowest BCUT2D eigenvalue weighted by Gasteiger charge is -2.25. The van der Waals surface area contributed by atoms with Crippen molar-refractivity contribution in [1.29, 1.82) is 0 Å². The zero-order valence-corrected chi connectivity index (χ0v) is 16.5. The van der Waals surface area contributed by atoms with Crippen molar-refractivity contribution in [3.63, 3.8) is 0 Å². The molecule has 0 aliphatic carbocycles. The summed E-state index contributed by atoms with van der Waals surface area (Å²) in [5, 5.41) is 0. The molecule has 27 heavy (non-hydrogen) atoms. The van der Waals surface area contributed by atoms with Crippen LogP contribution < -0.4 is 4.74 Å². The summed E-state index contributed by atoms with van der Waals surface area (Å²) in [5.41, 5.74) is 0.551. The van der Waals surface area contributed by atoms with Crippen LogP contribution in [-0.2, 0) is 9.84 Å². The Kier molecular flexibility index (Phi) is 5.85. The molecule has 1 aliphatic rings. The third kappa shape index (κ3) is 4.69. The molecule has 0 spiro atoms. The van der Waals surface area contributed by atoms with Gasteiger partial charge < -0.3 is 9.64 Å². The van der Waals surface area contributed by atoms with E-state index in [1.165, 1.54) is 0 Å². The Morgan fingerprint density at radius 3 is 2.41 bits per heavy atom. The first-order chi connectivity index (χ1) is 12.9. The molecule has 2 aromatic carbocycles. The molecule has 5 nitrogen and oxygen atoms in total. The van der Waals surface area contributed by atoms with Crippen molar-refractivity contribution >= 4 is 15.7 Å². The predicted octanol–water partition coefficient (Wildman–Crippen LogP) is 3.55. The summed E-state index contributed by atoms with van der Waals surface area (Å²) in [6.45, 7) is 4.47. The van der Waals surface area contributed by atoms with Crippen LogP contribution in [0.1, 0.15) is 37.0 Å². The number of benzene rings is 2. The quantitative estimate of drug-likeness (QED) is 0.760. The van der Waals surface area contributed by atoms with Crippen LogP contribution in [-0.4, -0.2) is 43.7 Å². The molecular formula is C21H25NO4S. The molecule has 1 atom stereocenters. The van der Waals surface area contributed by atoms with E-state index in [-0.39, 0.29) is 23.8 Å². The lowest BCUT2D eigenvalue weighted by atomic mass is 10.1. The van der Waals surface area contributed by atoms with Gasteiger partial charge in [-0.2, -0.15) is 0 Å². The minimum Gasteiger partial charge on any atom is -0.491 e. The smallest absolute Gasteiger partial charge is 0.254 e. The highest BCUT2D eigenvalue weighted by Crippen LogP contribution is 2.25. The van der Waals surface area contributed by atoms with Gasteiger partial charge in [0.05, 0.1) is 16.8 Å². The van der Waals surface area contributed by atoms with Crippen molar-refractivity contribution in [2.24, 2.45) is 0 Å². The van der Waals surface area contributed by atoms with E-state index in [1.54, 1.807) is 59.5 Å². The molecule has 1 fully saturated rings. The molecule has 0 saturated carbocycles. The van der Waals surface area contributed by atoms with E-state index < -0.39 is 9.84 Å². The highest BCUT2D eigenvalue weighted by molar-refractivity contribution is 7.91. The molecule has 1 heterocycles. The molecule has 0 aromatic heterocycles. The van der Waals surface area contributed by atoms with Gasteiger partial charge in [-0.05, 0) is 63.1 Å². The van der Waals surface area contributed by atoms with Crippen LogP contribution in [0, 0.1) is 0 Å². The fraction of sp³-hybridized carbons (Fsp3) is 0.381. The first-order valence-electron chi connectivity index (χ1n) is 9.22. The number of likely N-dealkylation sites (tertiary alicyclic amines) is 1. The maximum absolute atomic E-state index is 12.9. The number of hydrogen-bond acceptors (Lipinski definition) is 4. The third-order valence-corrected chi connectivity index (χ3v) is 6.44. The summed E-state index contributed by atoms with van der Waals surface area (Å²) < 4.78 is 31.0. The average molecular weight is 388 g/mol. The second-order valence-electron chi connectivity index (χ2n) is 7.08. The van der Waals surface area contributed by atoms with E-state index in [4.69, 9.17) is 4.74 Å². The third-order valence-electron chi connectivity index (χ3n) is 4.63. The SMILES string of the molecule is CC(C)Oc1ccc(C(=O)N2CCC[C@H]2CS(=O)(=O)c2ccccc2)cc1. The van der Waals surface area contributed by atoms with Crippen LogP contribution in [0.15, 0.2) is 59.5 Å². The molecule has 1 saturated heterocycles. The predicted molar refractivity (Wildman–Crippen MR) is 105 cm³/mol. The highest BCUT2D eigenvalue weighted by atomic mass is 32.2. The molecule has 2 aromatic rings. The van der Waals surface area contributed by atoms with Gasteiger partial charge in [0.2, 0.25) is 0 Å². The Hall–Kier alpha value is -2.34. The van der Waals surface area contributed by atoms with Crippen molar-refractivity contribution in [3.8, 4) is 5.75 Å². The average Bonchev–Trinajstić information content (AvgIpc) is 3.09. The number of amides is 1. The van der Waals surface area contributed by atoms with E-state index >= 15 is 0 Å². The number of hydrogen-bond donors (Lipinski definition) is 0. The molecule has 0 unspecified atom stereocenters. The molecule has 144 valence electrons. The van der Waals surface area contributed by atoms with Gasteiger partial charge >= 0.3 is 0 Å². The Morgan fingerprint density at radius 2 is 1.78 bits per heavy atom. The summed E-state index contributed by atoms with van der Waals surface area (Å²) in [4.78, 5) is 14.9. The van der Waals surface area contributed by atoms with Gasteiger partial charge in [0.15, 0.2) is 9.84 Å². The van der Waals surface area contributed by atoms with Crippen LogP contribution in [0.4, 0.5) is 0 Å². The van der Waals surface area contributed by atoms with Gasteiger partial charge in [0.25, 0.3) is 5.91 Å². The molecule has 1 amide bonds. The normalized spacial score (nSPS) is 17.3. The Morgan fingerprint density at radius 1 is 1.11 bits per heavy atom. The lowest BCUT2D eigenvalue weighted by molar-refractivity contribution is 0.0749. The van der Waals surface area contributed by atoms with E-state index in [0.29, 0.717) is 29.2 Å². The largest absolute Gasteiger partial charge is 0.491 e. The molecule has 1 aliphatic heterocycles. The monoisotopic (exact) mass is 387 g/mol. The molecule has 0 N–H and O–H groups in total. The zero-order chi connectivity index (χ0) is 19.4. The van der Waals surface area contributed by atoms with Crippen LogP contribution in [0.25, 0.3) is 0 Å². The van der Waals surface area contributed by atoms with Gasteiger partial charge in [0, 0.05) is 18.2 Å². The van der Waals surface area contributed by atoms with Gasteiger partial charge in [0.1, 0.15) is 5.75 Å². The summed E-state index contributed by atoms with van der Waals surface area (Å²) in [7, 11) is -3.43. The first kappa shape index (κ1) is 19.4. The topological polar surface area (TPSA) is 63.7 Å². The molecule has 6 heteroatoms.